The number of halogens is 1. The van der Waals surface area contributed by atoms with Gasteiger partial charge in [-0.1, -0.05) is 25.5 Å². The summed E-state index contributed by atoms with van der Waals surface area (Å²) in [5.74, 6) is 0.510. The predicted molar refractivity (Wildman–Crippen MR) is 94.1 cm³/mol. The van der Waals surface area contributed by atoms with Gasteiger partial charge in [0.05, 0.1) is 11.7 Å². The summed E-state index contributed by atoms with van der Waals surface area (Å²) in [6.45, 7) is 10.4. The van der Waals surface area contributed by atoms with E-state index in [1.165, 1.54) is 0 Å². The first kappa shape index (κ1) is 19.9. The summed E-state index contributed by atoms with van der Waals surface area (Å²) in [7, 11) is 0. The number of nitrogens with one attached hydrogen (secondary N) is 2. The van der Waals surface area contributed by atoms with Crippen molar-refractivity contribution in [2.24, 2.45) is 5.92 Å². The summed E-state index contributed by atoms with van der Waals surface area (Å²) in [6, 6.07) is 0.513. The maximum Gasteiger partial charge on any atom is 0.273 e. The van der Waals surface area contributed by atoms with Gasteiger partial charge in [0.2, 0.25) is 0 Å². The van der Waals surface area contributed by atoms with Gasteiger partial charge in [0.15, 0.2) is 5.69 Å². The molecular weight excluding hydrogens is 314 g/mol. The molecule has 2 heterocycles. The van der Waals surface area contributed by atoms with E-state index in [0.29, 0.717) is 17.7 Å². The van der Waals surface area contributed by atoms with E-state index in [0.717, 1.165) is 44.5 Å². The molecule has 23 heavy (non-hydrogen) atoms. The molecule has 2 rings (SSSR count). The second-order valence-corrected chi connectivity index (χ2v) is 6.57. The van der Waals surface area contributed by atoms with Gasteiger partial charge in [-0.05, 0) is 52.1 Å². The lowest BCUT2D eigenvalue weighted by Gasteiger charge is -2.23. The Labute approximate surface area is 145 Å². The van der Waals surface area contributed by atoms with Crippen molar-refractivity contribution < 1.29 is 4.79 Å². The lowest BCUT2D eigenvalue weighted by atomic mass is 10.0. The zero-order chi connectivity index (χ0) is 16.1. The van der Waals surface area contributed by atoms with Crippen LogP contribution in [0.4, 0.5) is 0 Å². The molecule has 0 radical (unpaired) electrons. The molecule has 2 atom stereocenters. The fraction of sp³-hybridized carbons (Fsp3) is 0.812. The average molecular weight is 344 g/mol. The topological polar surface area (TPSA) is 71.8 Å². The fourth-order valence-electron chi connectivity index (χ4n) is 3.07. The van der Waals surface area contributed by atoms with Crippen LogP contribution in [0.5, 0.6) is 0 Å². The third-order valence-electron chi connectivity index (χ3n) is 4.63. The number of nitrogens with zero attached hydrogens (tertiary/aromatic N) is 3. The molecule has 1 amide bonds. The van der Waals surface area contributed by atoms with E-state index in [9.17, 15) is 4.79 Å². The van der Waals surface area contributed by atoms with E-state index in [-0.39, 0.29) is 24.4 Å². The van der Waals surface area contributed by atoms with Gasteiger partial charge in [-0.25, -0.2) is 4.68 Å². The summed E-state index contributed by atoms with van der Waals surface area (Å²) in [5.41, 5.74) is 1.34. The van der Waals surface area contributed by atoms with Crippen molar-refractivity contribution in [1.29, 1.82) is 0 Å². The Hall–Kier alpha value is -1.14. The second kappa shape index (κ2) is 9.23. The summed E-state index contributed by atoms with van der Waals surface area (Å²) >= 11 is 0. The highest BCUT2D eigenvalue weighted by atomic mass is 35.5. The highest BCUT2D eigenvalue weighted by Crippen LogP contribution is 2.20. The van der Waals surface area contributed by atoms with Crippen LogP contribution in [-0.2, 0) is 0 Å². The summed E-state index contributed by atoms with van der Waals surface area (Å²) in [6.07, 6.45) is 4.19. The van der Waals surface area contributed by atoms with Gasteiger partial charge in [-0.2, -0.15) is 0 Å². The van der Waals surface area contributed by atoms with E-state index in [1.54, 1.807) is 0 Å². The minimum Gasteiger partial charge on any atom is -0.348 e. The standard InChI is InChI=1S/C16H29N5O.ClH/c1-5-11(2)10-12(3)18-16(22)15-13(4)21(20-19-15)14-6-8-17-9-7-14;/h11-12,14,17H,5-10H2,1-4H3,(H,18,22);1H. The predicted octanol–water partition coefficient (Wildman–Crippen LogP) is 2.49. The molecule has 2 N–H and O–H groups in total. The van der Waals surface area contributed by atoms with Gasteiger partial charge in [0.25, 0.3) is 5.91 Å². The number of aromatic nitrogens is 3. The van der Waals surface area contributed by atoms with E-state index in [1.807, 2.05) is 11.6 Å². The van der Waals surface area contributed by atoms with Gasteiger partial charge in [-0.3, -0.25) is 4.79 Å². The molecule has 0 saturated carbocycles. The normalized spacial score (nSPS) is 18.1. The summed E-state index contributed by atoms with van der Waals surface area (Å²) in [4.78, 5) is 12.4. The van der Waals surface area contributed by atoms with Crippen LogP contribution in [0.25, 0.3) is 0 Å². The van der Waals surface area contributed by atoms with E-state index < -0.39 is 0 Å². The third-order valence-corrected chi connectivity index (χ3v) is 4.63. The number of carbonyl (C=O) groups is 1. The molecule has 132 valence electrons. The maximum atomic E-state index is 12.4. The number of piperidine rings is 1. The van der Waals surface area contributed by atoms with Crippen LogP contribution in [-0.4, -0.2) is 40.0 Å². The molecule has 1 aromatic heterocycles. The zero-order valence-electron chi connectivity index (χ0n) is 14.6. The van der Waals surface area contributed by atoms with Gasteiger partial charge in [-0.15, -0.1) is 17.5 Å². The molecule has 1 aliphatic rings. The SMILES string of the molecule is CCC(C)CC(C)NC(=O)c1nnn(C2CCNCC2)c1C.Cl. The van der Waals surface area contributed by atoms with Crippen LogP contribution in [0.15, 0.2) is 0 Å². The first-order valence-electron chi connectivity index (χ1n) is 8.46. The summed E-state index contributed by atoms with van der Waals surface area (Å²) in [5, 5.41) is 14.7. The highest BCUT2D eigenvalue weighted by Gasteiger charge is 2.23. The van der Waals surface area contributed by atoms with Crippen LogP contribution >= 0.6 is 12.4 Å². The second-order valence-electron chi connectivity index (χ2n) is 6.57. The minimum absolute atomic E-state index is 0. The lowest BCUT2D eigenvalue weighted by molar-refractivity contribution is 0.0929. The molecule has 1 aromatic rings. The van der Waals surface area contributed by atoms with E-state index in [2.05, 4.69) is 41.7 Å². The molecule has 7 heteroatoms. The van der Waals surface area contributed by atoms with Crippen molar-refractivity contribution in [3.05, 3.63) is 11.4 Å². The van der Waals surface area contributed by atoms with E-state index in [4.69, 9.17) is 0 Å². The first-order valence-corrected chi connectivity index (χ1v) is 8.46. The number of hydrogen-bond acceptors (Lipinski definition) is 4. The molecule has 0 bridgehead atoms. The molecular formula is C16H30ClN5O. The van der Waals surface area contributed by atoms with Crippen LogP contribution in [0.2, 0.25) is 0 Å². The largest absolute Gasteiger partial charge is 0.348 e. The van der Waals surface area contributed by atoms with Crippen molar-refractivity contribution in [3.8, 4) is 0 Å². The number of amides is 1. The Morgan fingerprint density at radius 3 is 2.65 bits per heavy atom. The van der Waals surface area contributed by atoms with Crippen molar-refractivity contribution >= 4 is 18.3 Å². The molecule has 2 unspecified atom stereocenters. The van der Waals surface area contributed by atoms with Gasteiger partial charge < -0.3 is 10.6 Å². The average Bonchev–Trinajstić information content (AvgIpc) is 2.89. The Morgan fingerprint density at radius 2 is 2.04 bits per heavy atom. The van der Waals surface area contributed by atoms with Crippen molar-refractivity contribution in [2.45, 2.75) is 65.5 Å². The molecule has 0 spiro atoms. The maximum absolute atomic E-state index is 12.4. The van der Waals surface area contributed by atoms with Crippen LogP contribution in [0, 0.1) is 12.8 Å². The zero-order valence-corrected chi connectivity index (χ0v) is 15.4. The Bertz CT molecular complexity index is 499. The molecule has 1 saturated heterocycles. The van der Waals surface area contributed by atoms with Crippen molar-refractivity contribution in [1.82, 2.24) is 25.6 Å². The molecule has 0 aromatic carbocycles. The molecule has 0 aliphatic carbocycles. The van der Waals surface area contributed by atoms with Crippen LogP contribution in [0.1, 0.15) is 68.7 Å². The van der Waals surface area contributed by atoms with Crippen LogP contribution < -0.4 is 10.6 Å². The van der Waals surface area contributed by atoms with Crippen molar-refractivity contribution in [2.75, 3.05) is 13.1 Å². The lowest BCUT2D eigenvalue weighted by Crippen LogP contribution is -2.34. The molecule has 1 aliphatic heterocycles. The van der Waals surface area contributed by atoms with Gasteiger partial charge >= 0.3 is 0 Å². The Balaban J connectivity index is 0.00000264. The molecule has 6 nitrogen and oxygen atoms in total. The quantitative estimate of drug-likeness (QED) is 0.832. The smallest absolute Gasteiger partial charge is 0.273 e. The van der Waals surface area contributed by atoms with Gasteiger partial charge in [0, 0.05) is 6.04 Å². The van der Waals surface area contributed by atoms with Crippen LogP contribution in [0.3, 0.4) is 0 Å². The Morgan fingerprint density at radius 1 is 1.39 bits per heavy atom. The minimum atomic E-state index is -0.103. The van der Waals surface area contributed by atoms with E-state index >= 15 is 0 Å². The van der Waals surface area contributed by atoms with Crippen molar-refractivity contribution in [3.63, 3.8) is 0 Å². The third kappa shape index (κ3) is 5.18. The molecule has 1 fully saturated rings. The number of rotatable bonds is 6. The first-order chi connectivity index (χ1) is 10.5. The monoisotopic (exact) mass is 343 g/mol. The number of hydrogen-bond donors (Lipinski definition) is 2. The Kier molecular flexibility index (Phi) is 7.99. The fourth-order valence-corrected chi connectivity index (χ4v) is 3.07. The highest BCUT2D eigenvalue weighted by molar-refractivity contribution is 5.93. The summed E-state index contributed by atoms with van der Waals surface area (Å²) < 4.78 is 1.93. The van der Waals surface area contributed by atoms with Gasteiger partial charge in [0.1, 0.15) is 0 Å². The number of carbonyl (C=O) groups excluding carboxylic acids is 1.